The van der Waals surface area contributed by atoms with E-state index in [1.165, 1.54) is 0 Å². The van der Waals surface area contributed by atoms with Crippen LogP contribution in [0.2, 0.25) is 0 Å². The molecule has 0 fully saturated rings. The van der Waals surface area contributed by atoms with E-state index in [1.807, 2.05) is 26.8 Å². The van der Waals surface area contributed by atoms with E-state index in [9.17, 15) is 10.1 Å². The van der Waals surface area contributed by atoms with Crippen molar-refractivity contribution in [1.82, 2.24) is 0 Å². The largest absolute Gasteiger partial charge is 0.264 e. The second kappa shape index (κ2) is 5.66. The molecule has 1 aromatic rings. The minimum Gasteiger partial charge on any atom is -0.264 e. The monoisotopic (exact) mass is 258 g/mol. The third-order valence-electron chi connectivity index (χ3n) is 3.70. The molecule has 0 saturated carbocycles. The van der Waals surface area contributed by atoms with Crippen molar-refractivity contribution in [3.8, 4) is 6.07 Å². The zero-order valence-electron chi connectivity index (χ0n) is 11.5. The van der Waals surface area contributed by atoms with Crippen LogP contribution in [-0.2, 0) is 6.42 Å². The van der Waals surface area contributed by atoms with E-state index in [0.29, 0.717) is 12.0 Å². The van der Waals surface area contributed by atoms with Gasteiger partial charge in [-0.2, -0.15) is 5.26 Å². The highest BCUT2D eigenvalue weighted by atomic mass is 16.6. The summed E-state index contributed by atoms with van der Waals surface area (Å²) < 4.78 is 0. The van der Waals surface area contributed by atoms with Crippen molar-refractivity contribution in [3.63, 3.8) is 0 Å². The Morgan fingerprint density at radius 2 is 2.00 bits per heavy atom. The predicted octanol–water partition coefficient (Wildman–Crippen LogP) is 3.35. The summed E-state index contributed by atoms with van der Waals surface area (Å²) >= 11 is 0. The molecule has 1 rings (SSSR count). The topological polar surface area (TPSA) is 66.9 Å². The summed E-state index contributed by atoms with van der Waals surface area (Å²) in [4.78, 5) is 11.0. The number of nitro groups is 1. The van der Waals surface area contributed by atoms with Gasteiger partial charge in [0.15, 0.2) is 0 Å². The van der Waals surface area contributed by atoms with Crippen LogP contribution in [0.15, 0.2) is 36.4 Å². The average Bonchev–Trinajstić information content (AvgIpc) is 2.35. The Morgan fingerprint density at radius 1 is 1.47 bits per heavy atom. The van der Waals surface area contributed by atoms with Crippen molar-refractivity contribution in [3.05, 3.63) is 57.7 Å². The van der Waals surface area contributed by atoms with Crippen LogP contribution in [0.25, 0.3) is 0 Å². The smallest absolute Gasteiger partial charge is 0.225 e. The Kier molecular flexibility index (Phi) is 4.44. The van der Waals surface area contributed by atoms with E-state index in [-0.39, 0.29) is 4.92 Å². The van der Waals surface area contributed by atoms with Crippen LogP contribution in [0.3, 0.4) is 0 Å². The second-order valence-electron chi connectivity index (χ2n) is 5.32. The quantitative estimate of drug-likeness (QED) is 0.462. The third kappa shape index (κ3) is 3.41. The van der Waals surface area contributed by atoms with Crippen LogP contribution in [0.1, 0.15) is 31.9 Å². The molecule has 1 unspecified atom stereocenters. The van der Waals surface area contributed by atoms with Crippen molar-refractivity contribution in [2.45, 2.75) is 33.2 Å². The fraction of sp³-hybridized carbons (Fsp3) is 0.400. The summed E-state index contributed by atoms with van der Waals surface area (Å²) in [6.07, 6.45) is 0.332. The molecule has 0 heterocycles. The first-order valence-corrected chi connectivity index (χ1v) is 6.07. The van der Waals surface area contributed by atoms with Crippen molar-refractivity contribution in [2.75, 3.05) is 0 Å². The first kappa shape index (κ1) is 14.9. The van der Waals surface area contributed by atoms with Crippen LogP contribution in [0, 0.1) is 26.9 Å². The molecule has 19 heavy (non-hydrogen) atoms. The molecule has 0 spiro atoms. The van der Waals surface area contributed by atoms with Gasteiger partial charge in [0.1, 0.15) is 0 Å². The highest BCUT2D eigenvalue weighted by Crippen LogP contribution is 2.32. The number of hydrogen-bond donors (Lipinski definition) is 0. The van der Waals surface area contributed by atoms with Crippen molar-refractivity contribution < 1.29 is 4.92 Å². The lowest BCUT2D eigenvalue weighted by atomic mass is 9.76. The minimum atomic E-state index is -0.724. The first-order valence-electron chi connectivity index (χ1n) is 6.07. The zero-order chi connectivity index (χ0) is 14.6. The van der Waals surface area contributed by atoms with Gasteiger partial charge >= 0.3 is 0 Å². The minimum absolute atomic E-state index is 0.243. The number of hydrogen-bond acceptors (Lipinski definition) is 3. The lowest BCUT2D eigenvalue weighted by Crippen LogP contribution is -2.38. The van der Waals surface area contributed by atoms with Crippen molar-refractivity contribution in [2.24, 2.45) is 5.41 Å². The van der Waals surface area contributed by atoms with Crippen molar-refractivity contribution in [1.29, 1.82) is 5.26 Å². The maximum absolute atomic E-state index is 11.3. The van der Waals surface area contributed by atoms with E-state index in [4.69, 9.17) is 5.26 Å². The Balaban J connectivity index is 3.00. The van der Waals surface area contributed by atoms with E-state index >= 15 is 0 Å². The maximum atomic E-state index is 11.3. The molecule has 0 aliphatic carbocycles. The lowest BCUT2D eigenvalue weighted by Gasteiger charge is -2.28. The zero-order valence-corrected chi connectivity index (χ0v) is 11.5. The standard InChI is InChI=1S/C15H18N2O2/c1-11(2)15(3,4)14(17(18)19)9-12-5-7-13(10-16)8-6-12/h5-8,14H,1,9H2,2-4H3. The molecule has 0 amide bonds. The Labute approximate surface area is 113 Å². The highest BCUT2D eigenvalue weighted by molar-refractivity contribution is 5.32. The van der Waals surface area contributed by atoms with Crippen LogP contribution < -0.4 is 0 Å². The molecule has 0 N–H and O–H groups in total. The molecule has 0 saturated heterocycles. The fourth-order valence-electron chi connectivity index (χ4n) is 1.82. The van der Waals surface area contributed by atoms with Crippen LogP contribution in [-0.4, -0.2) is 11.0 Å². The molecule has 100 valence electrons. The number of nitriles is 1. The van der Waals surface area contributed by atoms with Gasteiger partial charge < -0.3 is 0 Å². The molecule has 0 bridgehead atoms. The first-order chi connectivity index (χ1) is 8.78. The Morgan fingerprint density at radius 3 is 2.37 bits per heavy atom. The van der Waals surface area contributed by atoms with Gasteiger partial charge in [-0.1, -0.05) is 24.3 Å². The molecule has 0 aromatic heterocycles. The average molecular weight is 258 g/mol. The van der Waals surface area contributed by atoms with Gasteiger partial charge in [0.2, 0.25) is 6.04 Å². The Bertz CT molecular complexity index is 524. The van der Waals surface area contributed by atoms with Gasteiger partial charge in [-0.3, -0.25) is 10.1 Å². The van der Waals surface area contributed by atoms with Crippen LogP contribution in [0.5, 0.6) is 0 Å². The maximum Gasteiger partial charge on any atom is 0.225 e. The normalized spacial score (nSPS) is 12.5. The van der Waals surface area contributed by atoms with Gasteiger partial charge in [0, 0.05) is 11.3 Å². The summed E-state index contributed by atoms with van der Waals surface area (Å²) in [5.74, 6) is 0. The van der Waals surface area contributed by atoms with Crippen LogP contribution >= 0.6 is 0 Å². The van der Waals surface area contributed by atoms with E-state index in [2.05, 4.69) is 6.58 Å². The lowest BCUT2D eigenvalue weighted by molar-refractivity contribution is -0.537. The molecular weight excluding hydrogens is 240 g/mol. The van der Waals surface area contributed by atoms with E-state index in [0.717, 1.165) is 11.1 Å². The number of rotatable bonds is 5. The fourth-order valence-corrected chi connectivity index (χ4v) is 1.82. The number of nitrogens with zero attached hydrogens (tertiary/aromatic N) is 2. The molecule has 1 atom stereocenters. The predicted molar refractivity (Wildman–Crippen MR) is 74.2 cm³/mol. The molecule has 4 nitrogen and oxygen atoms in total. The SMILES string of the molecule is C=C(C)C(C)(C)C(Cc1ccc(C#N)cc1)[N+](=O)[O-]. The number of benzene rings is 1. The van der Waals surface area contributed by atoms with Crippen molar-refractivity contribution >= 4 is 0 Å². The molecule has 4 heteroatoms. The van der Waals surface area contributed by atoms with Gasteiger partial charge in [-0.15, -0.1) is 0 Å². The highest BCUT2D eigenvalue weighted by Gasteiger charge is 2.39. The van der Waals surface area contributed by atoms with Gasteiger partial charge in [0.05, 0.1) is 17.0 Å². The molecular formula is C15H18N2O2. The summed E-state index contributed by atoms with van der Waals surface area (Å²) in [6, 6.07) is 8.20. The van der Waals surface area contributed by atoms with E-state index < -0.39 is 11.5 Å². The van der Waals surface area contributed by atoms with E-state index in [1.54, 1.807) is 24.3 Å². The summed E-state index contributed by atoms with van der Waals surface area (Å²) in [6.45, 7) is 9.35. The second-order valence-corrected chi connectivity index (χ2v) is 5.32. The van der Waals surface area contributed by atoms with Gasteiger partial charge in [0.25, 0.3) is 0 Å². The van der Waals surface area contributed by atoms with Gasteiger partial charge in [-0.25, -0.2) is 0 Å². The Hall–Kier alpha value is -2.15. The molecule has 1 aromatic carbocycles. The van der Waals surface area contributed by atoms with Crippen LogP contribution in [0.4, 0.5) is 0 Å². The molecule has 0 radical (unpaired) electrons. The molecule has 0 aliphatic rings. The summed E-state index contributed by atoms with van der Waals surface area (Å²) in [5.41, 5.74) is 1.63. The summed E-state index contributed by atoms with van der Waals surface area (Å²) in [5, 5.41) is 20.0. The third-order valence-corrected chi connectivity index (χ3v) is 3.70. The molecule has 0 aliphatic heterocycles. The van der Waals surface area contributed by atoms with Gasteiger partial charge in [-0.05, 0) is 38.5 Å². The summed E-state index contributed by atoms with van der Waals surface area (Å²) in [7, 11) is 0.